The average molecular weight is 456 g/mol. The smallest absolute Gasteiger partial charge is 0.210 e. The molecule has 34 heavy (non-hydrogen) atoms. The SMILES string of the molecule is CCCn1cc(C2=C(Nc3ccc4c(c3)CNCC4)NC(N)(c3cc(C)cc(C)c3)N=C2)cn1. The van der Waals surface area contributed by atoms with Crippen LogP contribution in [0.15, 0.2) is 59.6 Å². The van der Waals surface area contributed by atoms with Crippen molar-refractivity contribution in [3.63, 3.8) is 0 Å². The Kier molecular flexibility index (Phi) is 5.98. The van der Waals surface area contributed by atoms with E-state index in [-0.39, 0.29) is 0 Å². The molecule has 3 aromatic rings. The summed E-state index contributed by atoms with van der Waals surface area (Å²) in [5.41, 5.74) is 15.8. The molecule has 2 aliphatic rings. The van der Waals surface area contributed by atoms with E-state index in [2.05, 4.69) is 84.4 Å². The van der Waals surface area contributed by atoms with Gasteiger partial charge in [-0.3, -0.25) is 10.4 Å². The standard InChI is InChI=1S/C27H33N7/c1-4-9-34-17-22(15-31-34)25-16-30-27(28,23-11-18(2)10-19(3)12-23)33-26(25)32-24-6-5-20-7-8-29-14-21(20)13-24/h5-6,10-13,15-17,29,32-33H,4,7-9,14,28H2,1-3H3. The number of benzene rings is 2. The molecule has 5 rings (SSSR count). The number of nitrogens with two attached hydrogens (primary N) is 1. The molecule has 0 aliphatic carbocycles. The number of rotatable bonds is 6. The second-order valence-electron chi connectivity index (χ2n) is 9.34. The van der Waals surface area contributed by atoms with E-state index in [1.165, 1.54) is 11.1 Å². The summed E-state index contributed by atoms with van der Waals surface area (Å²) >= 11 is 0. The van der Waals surface area contributed by atoms with Gasteiger partial charge in [0.05, 0.1) is 6.20 Å². The van der Waals surface area contributed by atoms with Crippen molar-refractivity contribution in [2.24, 2.45) is 10.7 Å². The predicted octanol–water partition coefficient (Wildman–Crippen LogP) is 3.78. The first-order valence-corrected chi connectivity index (χ1v) is 12.0. The molecule has 0 spiro atoms. The Balaban J connectivity index is 1.53. The maximum atomic E-state index is 6.85. The van der Waals surface area contributed by atoms with E-state index in [1.54, 1.807) is 0 Å². The van der Waals surface area contributed by atoms with E-state index in [0.717, 1.165) is 71.8 Å². The zero-order valence-electron chi connectivity index (χ0n) is 20.2. The lowest BCUT2D eigenvalue weighted by atomic mass is 9.99. The third-order valence-electron chi connectivity index (χ3n) is 6.40. The van der Waals surface area contributed by atoms with Crippen LogP contribution in [-0.2, 0) is 25.3 Å². The molecular weight excluding hydrogens is 422 g/mol. The van der Waals surface area contributed by atoms with Crippen molar-refractivity contribution in [3.05, 3.63) is 88.0 Å². The van der Waals surface area contributed by atoms with Crippen LogP contribution in [0, 0.1) is 13.8 Å². The predicted molar refractivity (Wildman–Crippen MR) is 138 cm³/mol. The lowest BCUT2D eigenvalue weighted by molar-refractivity contribution is 0.400. The minimum Gasteiger partial charge on any atom is -0.341 e. The van der Waals surface area contributed by atoms with E-state index in [9.17, 15) is 0 Å². The van der Waals surface area contributed by atoms with Gasteiger partial charge in [-0.15, -0.1) is 0 Å². The summed E-state index contributed by atoms with van der Waals surface area (Å²) in [4.78, 5) is 4.79. The topological polar surface area (TPSA) is 92.3 Å². The van der Waals surface area contributed by atoms with Crippen molar-refractivity contribution >= 4 is 17.5 Å². The normalized spacial score (nSPS) is 19.6. The first-order valence-electron chi connectivity index (χ1n) is 12.0. The van der Waals surface area contributed by atoms with Gasteiger partial charge in [0, 0.05) is 47.9 Å². The van der Waals surface area contributed by atoms with Crippen LogP contribution < -0.4 is 21.7 Å². The highest BCUT2D eigenvalue weighted by Gasteiger charge is 2.32. The van der Waals surface area contributed by atoms with Gasteiger partial charge in [0.15, 0.2) is 0 Å². The molecule has 0 saturated carbocycles. The number of hydrogen-bond acceptors (Lipinski definition) is 6. The van der Waals surface area contributed by atoms with Crippen molar-refractivity contribution in [3.8, 4) is 0 Å². The first kappa shape index (κ1) is 22.4. The van der Waals surface area contributed by atoms with Gasteiger partial charge in [-0.1, -0.05) is 42.3 Å². The summed E-state index contributed by atoms with van der Waals surface area (Å²) in [6.45, 7) is 9.10. The highest BCUT2D eigenvalue weighted by atomic mass is 15.3. The molecule has 0 radical (unpaired) electrons. The lowest BCUT2D eigenvalue weighted by Crippen LogP contribution is -2.51. The Morgan fingerprint density at radius 2 is 1.94 bits per heavy atom. The van der Waals surface area contributed by atoms with Gasteiger partial charge in [-0.05, 0) is 56.5 Å². The van der Waals surface area contributed by atoms with Crippen LogP contribution in [0.2, 0.25) is 0 Å². The van der Waals surface area contributed by atoms with Gasteiger partial charge in [0.2, 0.25) is 5.79 Å². The van der Waals surface area contributed by atoms with Crippen LogP contribution >= 0.6 is 0 Å². The third-order valence-corrected chi connectivity index (χ3v) is 6.40. The molecule has 0 amide bonds. The summed E-state index contributed by atoms with van der Waals surface area (Å²) < 4.78 is 1.96. The van der Waals surface area contributed by atoms with Crippen molar-refractivity contribution in [2.75, 3.05) is 11.9 Å². The Morgan fingerprint density at radius 1 is 1.12 bits per heavy atom. The molecule has 176 valence electrons. The molecule has 0 fully saturated rings. The van der Waals surface area contributed by atoms with Crippen molar-refractivity contribution < 1.29 is 0 Å². The Bertz CT molecular complexity index is 1250. The molecule has 0 saturated heterocycles. The largest absolute Gasteiger partial charge is 0.341 e. The van der Waals surface area contributed by atoms with Crippen LogP contribution in [0.1, 0.15) is 46.7 Å². The highest BCUT2D eigenvalue weighted by molar-refractivity contribution is 6.12. The third kappa shape index (κ3) is 4.49. The summed E-state index contributed by atoms with van der Waals surface area (Å²) in [6, 6.07) is 12.9. The number of anilines is 1. The maximum Gasteiger partial charge on any atom is 0.210 e. The molecule has 1 unspecified atom stereocenters. The van der Waals surface area contributed by atoms with Crippen LogP contribution in [-0.4, -0.2) is 22.5 Å². The van der Waals surface area contributed by atoms with Gasteiger partial charge in [0.1, 0.15) is 5.82 Å². The molecule has 0 bridgehead atoms. The second-order valence-corrected chi connectivity index (χ2v) is 9.34. The number of allylic oxidation sites excluding steroid dienone is 1. The van der Waals surface area contributed by atoms with Crippen LogP contribution in [0.25, 0.3) is 5.57 Å². The molecule has 7 heteroatoms. The molecule has 1 aromatic heterocycles. The fraction of sp³-hybridized carbons (Fsp3) is 0.333. The van der Waals surface area contributed by atoms with Gasteiger partial charge >= 0.3 is 0 Å². The molecule has 2 aromatic carbocycles. The second kappa shape index (κ2) is 9.08. The zero-order chi connectivity index (χ0) is 23.7. The summed E-state index contributed by atoms with van der Waals surface area (Å²) in [7, 11) is 0. The number of aryl methyl sites for hydroxylation is 3. The fourth-order valence-electron chi connectivity index (χ4n) is 4.74. The Hall–Kier alpha value is -3.42. The maximum absolute atomic E-state index is 6.85. The Morgan fingerprint density at radius 3 is 2.74 bits per heavy atom. The molecule has 2 aliphatic heterocycles. The number of nitrogens with zero attached hydrogens (tertiary/aromatic N) is 3. The molecule has 7 nitrogen and oxygen atoms in total. The van der Waals surface area contributed by atoms with Gasteiger partial charge in [-0.25, -0.2) is 4.99 Å². The van der Waals surface area contributed by atoms with E-state index in [0.29, 0.717) is 0 Å². The number of aromatic nitrogens is 2. The number of hydrogen-bond donors (Lipinski definition) is 4. The summed E-state index contributed by atoms with van der Waals surface area (Å²) in [6.07, 6.45) is 7.90. The molecular formula is C27H33N7. The fourth-order valence-corrected chi connectivity index (χ4v) is 4.74. The van der Waals surface area contributed by atoms with E-state index in [4.69, 9.17) is 10.7 Å². The lowest BCUT2D eigenvalue weighted by Gasteiger charge is -2.34. The zero-order valence-corrected chi connectivity index (χ0v) is 20.2. The Labute approximate surface area is 201 Å². The highest BCUT2D eigenvalue weighted by Crippen LogP contribution is 2.30. The van der Waals surface area contributed by atoms with Crippen LogP contribution in [0.4, 0.5) is 5.69 Å². The van der Waals surface area contributed by atoms with Gasteiger partial charge < -0.3 is 16.0 Å². The quantitative estimate of drug-likeness (QED) is 0.454. The van der Waals surface area contributed by atoms with E-state index in [1.807, 2.05) is 17.1 Å². The monoisotopic (exact) mass is 455 g/mol. The van der Waals surface area contributed by atoms with E-state index >= 15 is 0 Å². The molecule has 1 atom stereocenters. The van der Waals surface area contributed by atoms with Crippen LogP contribution in [0.5, 0.6) is 0 Å². The summed E-state index contributed by atoms with van der Waals surface area (Å²) in [5, 5.41) is 15.1. The van der Waals surface area contributed by atoms with Crippen LogP contribution in [0.3, 0.4) is 0 Å². The first-order chi connectivity index (χ1) is 16.4. The minimum atomic E-state index is -1.07. The molecule has 3 heterocycles. The average Bonchev–Trinajstić information content (AvgIpc) is 3.27. The number of nitrogens with one attached hydrogen (secondary N) is 3. The van der Waals surface area contributed by atoms with Gasteiger partial charge in [0.25, 0.3) is 0 Å². The summed E-state index contributed by atoms with van der Waals surface area (Å²) in [5.74, 6) is -0.256. The molecule has 5 N–H and O–H groups in total. The number of aliphatic imine (C=N–C) groups is 1. The van der Waals surface area contributed by atoms with Crippen molar-refractivity contribution in [1.29, 1.82) is 0 Å². The van der Waals surface area contributed by atoms with Crippen molar-refractivity contribution in [1.82, 2.24) is 20.4 Å². The van der Waals surface area contributed by atoms with E-state index < -0.39 is 5.79 Å². The van der Waals surface area contributed by atoms with Gasteiger partial charge in [-0.2, -0.15) is 5.10 Å². The number of fused-ring (bicyclic) bond motifs is 1. The minimum absolute atomic E-state index is 0.816. The van der Waals surface area contributed by atoms with Crippen molar-refractivity contribution in [2.45, 2.75) is 52.5 Å².